The monoisotopic (exact) mass is 154 g/mol. The van der Waals surface area contributed by atoms with Crippen molar-refractivity contribution in [2.45, 2.75) is 26.5 Å². The third kappa shape index (κ3) is 1.67. The van der Waals surface area contributed by atoms with E-state index < -0.39 is 6.23 Å². The number of hydrogen-bond acceptors (Lipinski definition) is 3. The Kier molecular flexibility index (Phi) is 2.42. The van der Waals surface area contributed by atoms with Gasteiger partial charge < -0.3 is 10.8 Å². The average molecular weight is 154 g/mol. The second kappa shape index (κ2) is 3.15. The molecule has 1 heterocycles. The van der Waals surface area contributed by atoms with Crippen molar-refractivity contribution in [2.75, 3.05) is 6.54 Å². The first-order chi connectivity index (χ1) is 5.15. The molecule has 0 aromatic heterocycles. The van der Waals surface area contributed by atoms with Crippen LogP contribution in [0.15, 0.2) is 16.1 Å². The predicted molar refractivity (Wildman–Crippen MR) is 45.5 cm³/mol. The summed E-state index contributed by atoms with van der Waals surface area (Å²) >= 11 is 0. The maximum absolute atomic E-state index is 9.38. The molecule has 3 heteroatoms. The Hall–Kier alpha value is -0.670. The molecular weight excluding hydrogens is 140 g/mol. The van der Waals surface area contributed by atoms with Gasteiger partial charge in [0.2, 0.25) is 0 Å². The number of aliphatic imine (C=N–C) groups is 1. The van der Waals surface area contributed by atoms with Gasteiger partial charge in [-0.25, -0.2) is 0 Å². The second-order valence-corrected chi connectivity index (χ2v) is 2.92. The van der Waals surface area contributed by atoms with E-state index in [9.17, 15) is 5.11 Å². The van der Waals surface area contributed by atoms with E-state index in [0.29, 0.717) is 6.54 Å². The van der Waals surface area contributed by atoms with E-state index in [1.807, 2.05) is 13.8 Å². The lowest BCUT2D eigenvalue weighted by Gasteiger charge is -2.19. The van der Waals surface area contributed by atoms with Crippen molar-refractivity contribution in [1.29, 1.82) is 0 Å². The normalized spacial score (nSPS) is 25.5. The lowest BCUT2D eigenvalue weighted by Crippen LogP contribution is -2.23. The van der Waals surface area contributed by atoms with Crippen molar-refractivity contribution in [3.8, 4) is 0 Å². The van der Waals surface area contributed by atoms with Crippen molar-refractivity contribution in [3.63, 3.8) is 0 Å². The van der Waals surface area contributed by atoms with E-state index in [2.05, 4.69) is 4.99 Å². The van der Waals surface area contributed by atoms with Crippen LogP contribution in [0.1, 0.15) is 20.3 Å². The Morgan fingerprint density at radius 2 is 2.27 bits per heavy atom. The minimum Gasteiger partial charge on any atom is -0.368 e. The van der Waals surface area contributed by atoms with Gasteiger partial charge in [0.1, 0.15) is 0 Å². The molecule has 0 radical (unpaired) electrons. The summed E-state index contributed by atoms with van der Waals surface area (Å²) in [5, 5.41) is 9.38. The van der Waals surface area contributed by atoms with Crippen molar-refractivity contribution in [3.05, 3.63) is 11.1 Å². The summed E-state index contributed by atoms with van der Waals surface area (Å²) in [5.41, 5.74) is 8.45. The largest absolute Gasteiger partial charge is 0.368 e. The first kappa shape index (κ1) is 8.43. The van der Waals surface area contributed by atoms with Crippen LogP contribution in [-0.4, -0.2) is 23.6 Å². The molecule has 0 aliphatic carbocycles. The minimum absolute atomic E-state index is 0.407. The van der Waals surface area contributed by atoms with Crippen LogP contribution in [0.3, 0.4) is 0 Å². The maximum atomic E-state index is 9.38. The molecule has 0 aromatic carbocycles. The summed E-state index contributed by atoms with van der Waals surface area (Å²) in [6.45, 7) is 4.31. The molecule has 1 unspecified atom stereocenters. The Labute approximate surface area is 66.6 Å². The number of rotatable bonds is 1. The summed E-state index contributed by atoms with van der Waals surface area (Å²) in [6.07, 6.45) is 0.164. The van der Waals surface area contributed by atoms with Crippen LogP contribution in [0.2, 0.25) is 0 Å². The van der Waals surface area contributed by atoms with Gasteiger partial charge >= 0.3 is 0 Å². The average Bonchev–Trinajstić information content (AvgIpc) is 1.85. The number of hydrogen-bond donors (Lipinski definition) is 2. The first-order valence-electron chi connectivity index (χ1n) is 3.75. The van der Waals surface area contributed by atoms with E-state index in [4.69, 9.17) is 5.73 Å². The van der Waals surface area contributed by atoms with Crippen LogP contribution in [0.25, 0.3) is 0 Å². The van der Waals surface area contributed by atoms with Gasteiger partial charge in [0.15, 0.2) is 6.23 Å². The molecule has 0 spiro atoms. The SMILES string of the molecule is CC1=NC(O)C(CN)=C(C)C1. The quantitative estimate of drug-likeness (QED) is 0.538. The Morgan fingerprint density at radius 1 is 1.64 bits per heavy atom. The molecule has 1 rings (SSSR count). The van der Waals surface area contributed by atoms with Crippen molar-refractivity contribution < 1.29 is 5.11 Å². The molecular formula is C8H14N2O. The Morgan fingerprint density at radius 3 is 2.73 bits per heavy atom. The zero-order valence-electron chi connectivity index (χ0n) is 6.96. The van der Waals surface area contributed by atoms with Gasteiger partial charge in [-0.05, 0) is 19.4 Å². The van der Waals surface area contributed by atoms with E-state index in [1.165, 1.54) is 0 Å². The summed E-state index contributed by atoms with van der Waals surface area (Å²) < 4.78 is 0. The van der Waals surface area contributed by atoms with Gasteiger partial charge in [-0.2, -0.15) is 0 Å². The summed E-state index contributed by atoms with van der Waals surface area (Å²) in [5.74, 6) is 0. The highest BCUT2D eigenvalue weighted by molar-refractivity contribution is 5.85. The summed E-state index contributed by atoms with van der Waals surface area (Å²) in [6, 6.07) is 0. The summed E-state index contributed by atoms with van der Waals surface area (Å²) in [7, 11) is 0. The van der Waals surface area contributed by atoms with Crippen LogP contribution in [0, 0.1) is 0 Å². The number of aliphatic hydroxyl groups is 1. The van der Waals surface area contributed by atoms with Crippen molar-refractivity contribution in [2.24, 2.45) is 10.7 Å². The lowest BCUT2D eigenvalue weighted by molar-refractivity contribution is 0.216. The highest BCUT2D eigenvalue weighted by Gasteiger charge is 2.16. The van der Waals surface area contributed by atoms with Crippen molar-refractivity contribution >= 4 is 5.71 Å². The number of nitrogens with two attached hydrogens (primary N) is 1. The van der Waals surface area contributed by atoms with E-state index >= 15 is 0 Å². The molecule has 0 amide bonds. The van der Waals surface area contributed by atoms with Gasteiger partial charge in [0.25, 0.3) is 0 Å². The van der Waals surface area contributed by atoms with Crippen LogP contribution in [0.5, 0.6) is 0 Å². The molecule has 1 atom stereocenters. The van der Waals surface area contributed by atoms with Crippen LogP contribution in [0.4, 0.5) is 0 Å². The third-order valence-electron chi connectivity index (χ3n) is 1.94. The van der Waals surface area contributed by atoms with Gasteiger partial charge in [-0.3, -0.25) is 4.99 Å². The van der Waals surface area contributed by atoms with Crippen molar-refractivity contribution in [1.82, 2.24) is 0 Å². The smallest absolute Gasteiger partial charge is 0.168 e. The van der Waals surface area contributed by atoms with Crippen LogP contribution < -0.4 is 5.73 Å². The van der Waals surface area contributed by atoms with Crippen LogP contribution >= 0.6 is 0 Å². The number of nitrogens with zero attached hydrogens (tertiary/aromatic N) is 1. The van der Waals surface area contributed by atoms with Gasteiger partial charge in [-0.1, -0.05) is 5.57 Å². The second-order valence-electron chi connectivity index (χ2n) is 2.92. The van der Waals surface area contributed by atoms with Gasteiger partial charge in [0, 0.05) is 18.7 Å². The third-order valence-corrected chi connectivity index (χ3v) is 1.94. The molecule has 0 fully saturated rings. The van der Waals surface area contributed by atoms with E-state index in [1.54, 1.807) is 0 Å². The standard InChI is InChI=1S/C8H14N2O/c1-5-3-6(2)10-8(11)7(5)4-9/h8,11H,3-4,9H2,1-2H3. The minimum atomic E-state index is -0.686. The van der Waals surface area contributed by atoms with Gasteiger partial charge in [-0.15, -0.1) is 0 Å². The lowest BCUT2D eigenvalue weighted by atomic mass is 10.00. The number of allylic oxidation sites excluding steroid dienone is 1. The molecule has 0 aromatic rings. The molecule has 1 aliphatic rings. The first-order valence-corrected chi connectivity index (χ1v) is 3.75. The number of dihydropyridines is 1. The molecule has 62 valence electrons. The van der Waals surface area contributed by atoms with E-state index in [0.717, 1.165) is 23.3 Å². The zero-order valence-corrected chi connectivity index (χ0v) is 6.96. The van der Waals surface area contributed by atoms with E-state index in [-0.39, 0.29) is 0 Å². The highest BCUT2D eigenvalue weighted by atomic mass is 16.3. The fraction of sp³-hybridized carbons (Fsp3) is 0.625. The molecule has 0 saturated heterocycles. The maximum Gasteiger partial charge on any atom is 0.168 e. The molecule has 11 heavy (non-hydrogen) atoms. The number of aliphatic hydroxyl groups excluding tert-OH is 1. The molecule has 1 aliphatic heterocycles. The molecule has 3 N–H and O–H groups in total. The molecule has 0 bridgehead atoms. The molecule has 0 saturated carbocycles. The van der Waals surface area contributed by atoms with Gasteiger partial charge in [0.05, 0.1) is 0 Å². The summed E-state index contributed by atoms with van der Waals surface area (Å²) in [4.78, 5) is 4.02. The fourth-order valence-corrected chi connectivity index (χ4v) is 1.33. The predicted octanol–water partition coefficient (Wildman–Crippen LogP) is 0.445. The fourth-order valence-electron chi connectivity index (χ4n) is 1.33. The topological polar surface area (TPSA) is 58.6 Å². The Bertz CT molecular complexity index is 218. The Balaban J connectivity index is 2.84. The zero-order chi connectivity index (χ0) is 8.43. The van der Waals surface area contributed by atoms with Crippen LogP contribution in [-0.2, 0) is 0 Å². The molecule has 3 nitrogen and oxygen atoms in total. The highest BCUT2D eigenvalue weighted by Crippen LogP contribution is 2.18.